The van der Waals surface area contributed by atoms with Crippen molar-refractivity contribution in [1.29, 1.82) is 10.5 Å². The Kier molecular flexibility index (Phi) is 4.52. The molecule has 2 nitrogen and oxygen atoms in total. The van der Waals surface area contributed by atoms with E-state index in [1.54, 1.807) is 0 Å². The first kappa shape index (κ1) is 12.7. The third-order valence-electron chi connectivity index (χ3n) is 2.70. The van der Waals surface area contributed by atoms with Crippen molar-refractivity contribution in [3.8, 4) is 12.1 Å². The van der Waals surface area contributed by atoms with E-state index in [-0.39, 0.29) is 0 Å². The number of nitrogens with zero attached hydrogens (tertiary/aromatic N) is 2. The molecule has 0 aromatic heterocycles. The summed E-state index contributed by atoms with van der Waals surface area (Å²) < 4.78 is 0.838. The summed E-state index contributed by atoms with van der Waals surface area (Å²) in [6.07, 6.45) is 2.05. The molecule has 0 atom stereocenters. The minimum Gasteiger partial charge on any atom is -0.198 e. The first-order valence-corrected chi connectivity index (χ1v) is 6.08. The molecule has 16 heavy (non-hydrogen) atoms. The van der Waals surface area contributed by atoms with Gasteiger partial charge in [-0.1, -0.05) is 13.8 Å². The van der Waals surface area contributed by atoms with Crippen LogP contribution in [0.1, 0.15) is 36.1 Å². The molecule has 0 fully saturated rings. The number of rotatable bonds is 3. The molecule has 0 unspecified atom stereocenters. The number of halogens is 1. The van der Waals surface area contributed by atoms with Crippen molar-refractivity contribution < 1.29 is 0 Å². The fourth-order valence-corrected chi connectivity index (χ4v) is 2.53. The van der Waals surface area contributed by atoms with Gasteiger partial charge >= 0.3 is 0 Å². The van der Waals surface area contributed by atoms with Gasteiger partial charge in [0.25, 0.3) is 0 Å². The number of hydrogen-bond donors (Lipinski definition) is 0. The van der Waals surface area contributed by atoms with Crippen molar-refractivity contribution in [3.63, 3.8) is 0 Å². The molecule has 0 aliphatic heterocycles. The number of aryl methyl sites for hydroxylation is 1. The Morgan fingerprint density at radius 1 is 1.19 bits per heavy atom. The van der Waals surface area contributed by atoms with Crippen molar-refractivity contribution >= 4 is 15.9 Å². The molecule has 0 bridgehead atoms. The largest absolute Gasteiger partial charge is 0.198 e. The summed E-state index contributed by atoms with van der Waals surface area (Å²) in [5.74, 6) is 0. The highest BCUT2D eigenvalue weighted by Gasteiger charge is 2.14. The maximum absolute atomic E-state index is 9.12. The van der Waals surface area contributed by atoms with Crippen LogP contribution in [0.5, 0.6) is 0 Å². The van der Waals surface area contributed by atoms with Gasteiger partial charge in [0.1, 0.15) is 6.07 Å². The molecule has 1 aromatic carbocycles. The van der Waals surface area contributed by atoms with Crippen LogP contribution in [-0.4, -0.2) is 0 Å². The van der Waals surface area contributed by atoms with Gasteiger partial charge < -0.3 is 0 Å². The van der Waals surface area contributed by atoms with E-state index in [1.807, 2.05) is 13.0 Å². The molecule has 1 rings (SSSR count). The Bertz CT molecular complexity index is 478. The maximum Gasteiger partial charge on any atom is 0.101 e. The fraction of sp³-hybridized carbons (Fsp3) is 0.385. The van der Waals surface area contributed by atoms with Crippen molar-refractivity contribution in [2.24, 2.45) is 0 Å². The summed E-state index contributed by atoms with van der Waals surface area (Å²) in [6, 6.07) is 6.35. The van der Waals surface area contributed by atoms with Gasteiger partial charge in [0, 0.05) is 4.47 Å². The molecule has 0 spiro atoms. The van der Waals surface area contributed by atoms with Crippen LogP contribution < -0.4 is 0 Å². The highest BCUT2D eigenvalue weighted by atomic mass is 79.9. The molecule has 0 radical (unpaired) electrons. The summed E-state index contributed by atoms with van der Waals surface area (Å²) >= 11 is 3.42. The Morgan fingerprint density at radius 3 is 2.31 bits per heavy atom. The molecule has 0 amide bonds. The molecular weight excluding hydrogens is 264 g/mol. The van der Waals surface area contributed by atoms with Gasteiger partial charge in [0.05, 0.1) is 18.1 Å². The summed E-state index contributed by atoms with van der Waals surface area (Å²) in [5, 5.41) is 18.0. The Morgan fingerprint density at radius 2 is 1.88 bits per heavy atom. The van der Waals surface area contributed by atoms with Gasteiger partial charge in [-0.05, 0) is 51.5 Å². The van der Waals surface area contributed by atoms with E-state index in [2.05, 4.69) is 35.0 Å². The van der Waals surface area contributed by atoms with Crippen LogP contribution in [0.2, 0.25) is 0 Å². The minimum absolute atomic E-state index is 0.383. The highest BCUT2D eigenvalue weighted by Crippen LogP contribution is 2.28. The fourth-order valence-electron chi connectivity index (χ4n) is 1.93. The molecule has 0 saturated carbocycles. The molecule has 0 heterocycles. The van der Waals surface area contributed by atoms with Crippen LogP contribution in [0.3, 0.4) is 0 Å². The topological polar surface area (TPSA) is 47.6 Å². The van der Waals surface area contributed by atoms with Crippen LogP contribution in [0.15, 0.2) is 10.5 Å². The van der Waals surface area contributed by atoms with Gasteiger partial charge in [0.2, 0.25) is 0 Å². The van der Waals surface area contributed by atoms with Crippen molar-refractivity contribution in [2.45, 2.75) is 33.1 Å². The summed E-state index contributed by atoms with van der Waals surface area (Å²) in [4.78, 5) is 0. The van der Waals surface area contributed by atoms with E-state index < -0.39 is 0 Å². The number of nitriles is 2. The highest BCUT2D eigenvalue weighted by molar-refractivity contribution is 9.10. The normalized spacial score (nSPS) is 9.56. The lowest BCUT2D eigenvalue weighted by atomic mass is 9.92. The van der Waals surface area contributed by atoms with E-state index >= 15 is 0 Å². The molecule has 0 saturated heterocycles. The first-order chi connectivity index (χ1) is 7.69. The second-order valence-corrected chi connectivity index (χ2v) is 4.36. The second kappa shape index (κ2) is 5.68. The second-order valence-electron chi connectivity index (χ2n) is 3.50. The predicted molar refractivity (Wildman–Crippen MR) is 66.9 cm³/mol. The molecule has 0 aliphatic carbocycles. The molecular formula is C13H13BrN2. The van der Waals surface area contributed by atoms with Crippen LogP contribution in [0, 0.1) is 22.7 Å². The lowest BCUT2D eigenvalue weighted by molar-refractivity contribution is 1.01. The zero-order valence-electron chi connectivity index (χ0n) is 9.47. The van der Waals surface area contributed by atoms with Crippen molar-refractivity contribution in [1.82, 2.24) is 0 Å². The first-order valence-electron chi connectivity index (χ1n) is 5.29. The Balaban J connectivity index is 3.55. The monoisotopic (exact) mass is 276 g/mol. The van der Waals surface area contributed by atoms with Crippen LogP contribution >= 0.6 is 15.9 Å². The third-order valence-corrected chi connectivity index (χ3v) is 3.32. The van der Waals surface area contributed by atoms with E-state index in [9.17, 15) is 0 Å². The van der Waals surface area contributed by atoms with Crippen LogP contribution in [-0.2, 0) is 19.3 Å². The Hall–Kier alpha value is -1.32. The van der Waals surface area contributed by atoms with Gasteiger partial charge in [-0.3, -0.25) is 0 Å². The third kappa shape index (κ3) is 2.26. The van der Waals surface area contributed by atoms with Crippen molar-refractivity contribution in [2.75, 3.05) is 0 Å². The average molecular weight is 277 g/mol. The SMILES string of the molecule is CCc1cc(Br)c(C#N)c(CC)c1CC#N. The molecule has 1 aromatic rings. The zero-order valence-corrected chi connectivity index (χ0v) is 11.1. The van der Waals surface area contributed by atoms with Crippen LogP contribution in [0.4, 0.5) is 0 Å². The van der Waals surface area contributed by atoms with E-state index in [1.165, 1.54) is 0 Å². The molecule has 0 N–H and O–H groups in total. The average Bonchev–Trinajstić information content (AvgIpc) is 2.30. The standard InChI is InChI=1S/C13H13BrN2/c1-3-9-7-13(14)12(8-16)10(4-2)11(9)5-6-15/h7H,3-5H2,1-2H3. The lowest BCUT2D eigenvalue weighted by Crippen LogP contribution is -2.02. The number of benzene rings is 1. The van der Waals surface area contributed by atoms with Gasteiger partial charge in [0.15, 0.2) is 0 Å². The molecule has 3 heteroatoms. The van der Waals surface area contributed by atoms with Gasteiger partial charge in [-0.15, -0.1) is 0 Å². The van der Waals surface area contributed by atoms with E-state index in [0.29, 0.717) is 12.0 Å². The lowest BCUT2D eigenvalue weighted by Gasteiger charge is -2.13. The number of hydrogen-bond acceptors (Lipinski definition) is 2. The summed E-state index contributed by atoms with van der Waals surface area (Å²) in [5.41, 5.74) is 3.87. The van der Waals surface area contributed by atoms with Crippen LogP contribution in [0.25, 0.3) is 0 Å². The predicted octanol–water partition coefficient (Wildman–Crippen LogP) is 3.51. The molecule has 82 valence electrons. The van der Waals surface area contributed by atoms with Gasteiger partial charge in [-0.2, -0.15) is 10.5 Å². The van der Waals surface area contributed by atoms with E-state index in [4.69, 9.17) is 10.5 Å². The Labute approximate surface area is 105 Å². The summed E-state index contributed by atoms with van der Waals surface area (Å²) in [7, 11) is 0. The van der Waals surface area contributed by atoms with Gasteiger partial charge in [-0.25, -0.2) is 0 Å². The summed E-state index contributed by atoms with van der Waals surface area (Å²) in [6.45, 7) is 4.08. The quantitative estimate of drug-likeness (QED) is 0.848. The zero-order chi connectivity index (χ0) is 12.1. The minimum atomic E-state index is 0.383. The van der Waals surface area contributed by atoms with E-state index in [0.717, 1.165) is 34.0 Å². The van der Waals surface area contributed by atoms with Crippen molar-refractivity contribution in [3.05, 3.63) is 32.8 Å². The maximum atomic E-state index is 9.12. The molecule has 0 aliphatic rings. The smallest absolute Gasteiger partial charge is 0.101 e.